The van der Waals surface area contributed by atoms with Gasteiger partial charge in [0.25, 0.3) is 0 Å². The highest BCUT2D eigenvalue weighted by molar-refractivity contribution is 7.47. The predicted octanol–water partition coefficient (Wildman–Crippen LogP) is 8.61. The summed E-state index contributed by atoms with van der Waals surface area (Å²) in [6.07, 6.45) is 26.3. The maximum atomic E-state index is 12.8. The number of aliphatic hydroxyl groups excluding tert-OH is 5. The molecule has 0 aromatic rings. The fourth-order valence-corrected chi connectivity index (χ4v) is 7.80. The summed E-state index contributed by atoms with van der Waals surface area (Å²) < 4.78 is 33.5. The lowest BCUT2D eigenvalue weighted by Gasteiger charge is -2.41. The Labute approximate surface area is 355 Å². The van der Waals surface area contributed by atoms with Crippen molar-refractivity contribution in [1.29, 1.82) is 0 Å². The van der Waals surface area contributed by atoms with Crippen LogP contribution < -0.4 is 0 Å². The van der Waals surface area contributed by atoms with Crippen molar-refractivity contribution in [2.24, 2.45) is 0 Å². The van der Waals surface area contributed by atoms with Crippen molar-refractivity contribution in [3.63, 3.8) is 0 Å². The average molecular weight is 861 g/mol. The van der Waals surface area contributed by atoms with E-state index < -0.39 is 75.7 Å². The van der Waals surface area contributed by atoms with Gasteiger partial charge in [0.2, 0.25) is 0 Å². The summed E-state index contributed by atoms with van der Waals surface area (Å²) in [6.45, 7) is 3.17. The molecule has 1 fully saturated rings. The van der Waals surface area contributed by atoms with Gasteiger partial charge in [-0.25, -0.2) is 4.57 Å². The van der Waals surface area contributed by atoms with Gasteiger partial charge in [-0.1, -0.05) is 159 Å². The normalized spacial score (nSPS) is 22.6. The maximum Gasteiger partial charge on any atom is 0.472 e. The van der Waals surface area contributed by atoms with Crippen LogP contribution in [-0.4, -0.2) is 98.3 Å². The molecule has 1 rings (SSSR count). The van der Waals surface area contributed by atoms with Gasteiger partial charge in [-0.05, 0) is 44.9 Å². The number of hydrogen-bond donors (Lipinski definition) is 6. The highest BCUT2D eigenvalue weighted by atomic mass is 31.2. The average Bonchev–Trinajstić information content (AvgIpc) is 3.21. The Bertz CT molecular complexity index is 1180. The van der Waals surface area contributed by atoms with E-state index in [0.29, 0.717) is 12.8 Å². The third-order valence-electron chi connectivity index (χ3n) is 10.5. The predicted molar refractivity (Wildman–Crippen MR) is 230 cm³/mol. The third kappa shape index (κ3) is 28.3. The number of ether oxygens (including phenoxy) is 2. The van der Waals surface area contributed by atoms with Crippen LogP contribution in [0.2, 0.25) is 0 Å². The van der Waals surface area contributed by atoms with E-state index in [0.717, 1.165) is 70.6 Å². The number of allylic oxidation sites excluding steroid dienone is 6. The standard InChI is InChI=1S/C45H81O13P/c1-3-5-7-9-11-13-15-17-19-21-23-25-27-29-31-33-38(46)55-35-37(36-56-59(53,54)58-45-43(51)41(49)40(48)42(50)44(45)52)57-39(47)34-32-30-28-26-24-22-20-18-16-14-12-10-8-6-4-2/h6,8,12,14,18,20,37,40-45,48-52H,3-5,7,9-11,13,15-17,19,21-36H2,1-2H3,(H,53,54)/t37-,40?,41-,42?,43?,44?,45?/m1/s1. The highest BCUT2D eigenvalue weighted by Crippen LogP contribution is 2.47. The maximum absolute atomic E-state index is 12.8. The van der Waals surface area contributed by atoms with Crippen molar-refractivity contribution in [3.05, 3.63) is 36.5 Å². The fraction of sp³-hybridized carbons (Fsp3) is 0.822. The smallest absolute Gasteiger partial charge is 0.462 e. The molecule has 0 saturated heterocycles. The van der Waals surface area contributed by atoms with Crippen molar-refractivity contribution < 1.29 is 63.1 Å². The number of phosphoric ester groups is 1. The number of rotatable bonds is 37. The molecular weight excluding hydrogens is 779 g/mol. The van der Waals surface area contributed by atoms with Gasteiger partial charge < -0.3 is 39.9 Å². The third-order valence-corrected chi connectivity index (χ3v) is 11.5. The van der Waals surface area contributed by atoms with Crippen molar-refractivity contribution >= 4 is 19.8 Å². The molecule has 0 spiro atoms. The van der Waals surface area contributed by atoms with E-state index in [9.17, 15) is 44.6 Å². The molecule has 0 bridgehead atoms. The molecule has 0 aliphatic heterocycles. The van der Waals surface area contributed by atoms with Crippen LogP contribution >= 0.6 is 7.82 Å². The molecule has 59 heavy (non-hydrogen) atoms. The zero-order valence-corrected chi connectivity index (χ0v) is 37.2. The molecule has 6 unspecified atom stereocenters. The van der Waals surface area contributed by atoms with Crippen LogP contribution in [0.15, 0.2) is 36.5 Å². The van der Waals surface area contributed by atoms with Gasteiger partial charge in [-0.3, -0.25) is 18.6 Å². The first kappa shape index (κ1) is 55.1. The molecule has 6 N–H and O–H groups in total. The number of carbonyl (C=O) groups excluding carboxylic acids is 2. The van der Waals surface area contributed by atoms with E-state index in [1.165, 1.54) is 70.6 Å². The highest BCUT2D eigenvalue weighted by Gasteiger charge is 2.51. The summed E-state index contributed by atoms with van der Waals surface area (Å²) in [5.74, 6) is -1.12. The number of carbonyl (C=O) groups is 2. The minimum absolute atomic E-state index is 0.0785. The van der Waals surface area contributed by atoms with Gasteiger partial charge in [-0.2, -0.15) is 0 Å². The summed E-state index contributed by atoms with van der Waals surface area (Å²) >= 11 is 0. The largest absolute Gasteiger partial charge is 0.472 e. The lowest BCUT2D eigenvalue weighted by atomic mass is 9.85. The van der Waals surface area contributed by atoms with Crippen LogP contribution in [0.5, 0.6) is 0 Å². The number of unbranched alkanes of at least 4 members (excludes halogenated alkanes) is 19. The molecule has 0 aromatic carbocycles. The van der Waals surface area contributed by atoms with E-state index in [2.05, 4.69) is 50.3 Å². The van der Waals surface area contributed by atoms with Gasteiger partial charge >= 0.3 is 19.8 Å². The van der Waals surface area contributed by atoms with E-state index in [-0.39, 0.29) is 12.8 Å². The summed E-state index contributed by atoms with van der Waals surface area (Å²) in [5.41, 5.74) is 0. The topological polar surface area (TPSA) is 210 Å². The minimum atomic E-state index is -5.12. The second-order valence-electron chi connectivity index (χ2n) is 15.9. The molecule has 0 amide bonds. The first-order valence-corrected chi connectivity index (χ1v) is 24.3. The number of aliphatic hydroxyl groups is 5. The second kappa shape index (κ2) is 35.6. The molecule has 344 valence electrons. The summed E-state index contributed by atoms with van der Waals surface area (Å²) in [5, 5.41) is 50.1. The number of esters is 2. The van der Waals surface area contributed by atoms with Crippen LogP contribution in [0.4, 0.5) is 0 Å². The van der Waals surface area contributed by atoms with Gasteiger partial charge in [0, 0.05) is 12.8 Å². The van der Waals surface area contributed by atoms with Crippen LogP contribution in [0.1, 0.15) is 181 Å². The van der Waals surface area contributed by atoms with E-state index in [4.69, 9.17) is 18.5 Å². The van der Waals surface area contributed by atoms with Crippen LogP contribution in [0.25, 0.3) is 0 Å². The monoisotopic (exact) mass is 861 g/mol. The zero-order valence-electron chi connectivity index (χ0n) is 36.3. The quantitative estimate of drug-likeness (QED) is 0.0150. The van der Waals surface area contributed by atoms with Gasteiger partial charge in [0.1, 0.15) is 43.2 Å². The summed E-state index contributed by atoms with van der Waals surface area (Å²) in [4.78, 5) is 35.7. The van der Waals surface area contributed by atoms with Crippen molar-refractivity contribution in [3.8, 4) is 0 Å². The number of phosphoric acid groups is 1. The molecule has 1 aliphatic carbocycles. The molecule has 0 aromatic heterocycles. The van der Waals surface area contributed by atoms with Crippen LogP contribution in [0, 0.1) is 0 Å². The summed E-state index contributed by atoms with van der Waals surface area (Å²) in [6, 6.07) is 0. The van der Waals surface area contributed by atoms with Gasteiger partial charge in [-0.15, -0.1) is 0 Å². The molecule has 1 saturated carbocycles. The van der Waals surface area contributed by atoms with Gasteiger partial charge in [0.15, 0.2) is 6.10 Å². The lowest BCUT2D eigenvalue weighted by Crippen LogP contribution is -2.64. The lowest BCUT2D eigenvalue weighted by molar-refractivity contribution is -0.220. The van der Waals surface area contributed by atoms with Crippen molar-refractivity contribution in [1.82, 2.24) is 0 Å². The first-order valence-electron chi connectivity index (χ1n) is 22.8. The molecule has 0 radical (unpaired) electrons. The molecule has 0 heterocycles. The Hall–Kier alpha value is -1.93. The molecule has 14 heteroatoms. The molecule has 13 nitrogen and oxygen atoms in total. The molecule has 1 aliphatic rings. The van der Waals surface area contributed by atoms with E-state index in [1.54, 1.807) is 0 Å². The van der Waals surface area contributed by atoms with Crippen LogP contribution in [0.3, 0.4) is 0 Å². The van der Waals surface area contributed by atoms with E-state index in [1.807, 2.05) is 0 Å². The second-order valence-corrected chi connectivity index (χ2v) is 17.3. The van der Waals surface area contributed by atoms with Crippen molar-refractivity contribution in [2.45, 2.75) is 224 Å². The first-order chi connectivity index (χ1) is 28.4. The fourth-order valence-electron chi connectivity index (χ4n) is 6.83. The van der Waals surface area contributed by atoms with Crippen molar-refractivity contribution in [2.75, 3.05) is 13.2 Å². The summed E-state index contributed by atoms with van der Waals surface area (Å²) in [7, 11) is -5.12. The van der Waals surface area contributed by atoms with E-state index >= 15 is 0 Å². The minimum Gasteiger partial charge on any atom is -0.462 e. The Balaban J connectivity index is 2.47. The molecule has 8 atom stereocenters. The zero-order chi connectivity index (χ0) is 43.6. The Morgan fingerprint density at radius 1 is 0.542 bits per heavy atom. The molecular formula is C45H81O13P. The Kier molecular flexibility index (Phi) is 33.3. The Morgan fingerprint density at radius 3 is 1.47 bits per heavy atom. The van der Waals surface area contributed by atoms with Crippen LogP contribution in [-0.2, 0) is 32.7 Å². The number of hydrogen-bond acceptors (Lipinski definition) is 12. The van der Waals surface area contributed by atoms with Gasteiger partial charge in [0.05, 0.1) is 6.61 Å². The SMILES string of the molecule is CCC=CCC=CCC=CCCCCCCCC(=O)O[C@H](COC(=O)CCCCCCCCCCCCCCCCC)COP(=O)(O)OC1C(O)C(O)C(O)[C@@H](O)C1O. The Morgan fingerprint density at radius 2 is 0.966 bits per heavy atom.